The average molecular weight is 852 g/mol. The topological polar surface area (TPSA) is 146 Å². The molecular formula is C46H51FN5O8P. The second-order valence-electron chi connectivity index (χ2n) is 14.8. The molecule has 1 aromatic heterocycles. The lowest BCUT2D eigenvalue weighted by Crippen LogP contribution is -2.41. The van der Waals surface area contributed by atoms with E-state index in [2.05, 4.69) is 16.4 Å². The summed E-state index contributed by atoms with van der Waals surface area (Å²) in [5.41, 5.74) is 0.498. The maximum Gasteiger partial charge on any atom is 0.351 e. The van der Waals surface area contributed by atoms with Crippen molar-refractivity contribution >= 4 is 20.3 Å². The zero-order chi connectivity index (χ0) is 43.5. The summed E-state index contributed by atoms with van der Waals surface area (Å²) in [5.74, 6) is 0.814. The fraction of sp³-hybridized carbons (Fsp3) is 0.348. The van der Waals surface area contributed by atoms with Crippen LogP contribution in [0.5, 0.6) is 11.5 Å². The molecule has 1 aliphatic rings. The summed E-state index contributed by atoms with van der Waals surface area (Å²) in [5, 5.41) is 12.0. The van der Waals surface area contributed by atoms with Crippen LogP contribution in [-0.2, 0) is 24.1 Å². The lowest BCUT2D eigenvalue weighted by atomic mass is 9.80. The quantitative estimate of drug-likeness (QED) is 0.0485. The largest absolute Gasteiger partial charge is 0.497 e. The highest BCUT2D eigenvalue weighted by Gasteiger charge is 2.51. The number of halogens is 1. The first-order valence-corrected chi connectivity index (χ1v) is 21.1. The molecule has 1 saturated heterocycles. The molecule has 1 fully saturated rings. The van der Waals surface area contributed by atoms with Crippen molar-refractivity contribution in [1.82, 2.24) is 14.2 Å². The highest BCUT2D eigenvalue weighted by atomic mass is 31.2. The van der Waals surface area contributed by atoms with Gasteiger partial charge in [-0.15, -0.1) is 0 Å². The number of nitrogens with one attached hydrogen (secondary N) is 1. The van der Waals surface area contributed by atoms with Gasteiger partial charge in [0.2, 0.25) is 0 Å². The summed E-state index contributed by atoms with van der Waals surface area (Å²) in [7, 11) is 1.22. The molecule has 5 unspecified atom stereocenters. The van der Waals surface area contributed by atoms with Gasteiger partial charge in [-0.1, -0.05) is 72.8 Å². The number of ether oxygens (including phenoxy) is 4. The highest BCUT2D eigenvalue weighted by Crippen LogP contribution is 2.51. The molecule has 0 spiro atoms. The Morgan fingerprint density at radius 3 is 1.97 bits per heavy atom. The van der Waals surface area contributed by atoms with Crippen molar-refractivity contribution in [3.8, 4) is 17.6 Å². The normalized spacial score (nSPS) is 18.2. The van der Waals surface area contributed by atoms with Crippen LogP contribution in [-0.4, -0.2) is 78.0 Å². The van der Waals surface area contributed by atoms with Crippen LogP contribution in [0, 0.1) is 11.3 Å². The van der Waals surface area contributed by atoms with Gasteiger partial charge in [-0.2, -0.15) is 10.2 Å². The smallest absolute Gasteiger partial charge is 0.351 e. The molecule has 0 saturated carbocycles. The average Bonchev–Trinajstić information content (AvgIpc) is 3.58. The van der Waals surface area contributed by atoms with Crippen molar-refractivity contribution in [1.29, 1.82) is 5.26 Å². The van der Waals surface area contributed by atoms with Crippen molar-refractivity contribution in [3.05, 3.63) is 154 Å². The predicted molar refractivity (Wildman–Crippen MR) is 230 cm³/mol. The SMILES string of the molecule is COc1ccc(C(OCC2OC(n3ccc(NC(=O)c4ccccc4)nc3=O)C(F)C2OP(OCCC#N)N(C(C)C)C(C)C)(c2ccccc2)c2ccc(OC)cc2)cc1. The summed E-state index contributed by atoms with van der Waals surface area (Å²) in [6, 6.07) is 36.5. The molecule has 5 atom stereocenters. The Kier molecular flexibility index (Phi) is 15.4. The van der Waals surface area contributed by atoms with E-state index in [0.29, 0.717) is 17.1 Å². The summed E-state index contributed by atoms with van der Waals surface area (Å²) in [6.45, 7) is 7.75. The van der Waals surface area contributed by atoms with Gasteiger partial charge >= 0.3 is 5.69 Å². The zero-order valence-electron chi connectivity index (χ0n) is 35.0. The third-order valence-electron chi connectivity index (χ3n) is 10.2. The molecular weight excluding hydrogens is 801 g/mol. The van der Waals surface area contributed by atoms with E-state index in [-0.39, 0.29) is 37.5 Å². The number of benzene rings is 4. The van der Waals surface area contributed by atoms with Gasteiger partial charge in [0.05, 0.1) is 39.9 Å². The molecule has 1 amide bonds. The van der Waals surface area contributed by atoms with E-state index in [1.807, 2.05) is 111 Å². The van der Waals surface area contributed by atoms with Gasteiger partial charge in [-0.25, -0.2) is 13.9 Å². The van der Waals surface area contributed by atoms with Crippen LogP contribution in [0.4, 0.5) is 10.2 Å². The van der Waals surface area contributed by atoms with Gasteiger partial charge in [-0.3, -0.25) is 9.36 Å². The fourth-order valence-electron chi connectivity index (χ4n) is 7.31. The highest BCUT2D eigenvalue weighted by molar-refractivity contribution is 7.44. The molecule has 61 heavy (non-hydrogen) atoms. The van der Waals surface area contributed by atoms with Crippen LogP contribution < -0.4 is 20.5 Å². The van der Waals surface area contributed by atoms with Crippen LogP contribution in [0.25, 0.3) is 0 Å². The monoisotopic (exact) mass is 851 g/mol. The van der Waals surface area contributed by atoms with Gasteiger partial charge in [0.1, 0.15) is 35.1 Å². The number of anilines is 1. The Bertz CT molecular complexity index is 2220. The second-order valence-corrected chi connectivity index (χ2v) is 16.2. The van der Waals surface area contributed by atoms with E-state index in [4.69, 9.17) is 28.0 Å². The van der Waals surface area contributed by atoms with E-state index < -0.39 is 50.3 Å². The molecule has 320 valence electrons. The van der Waals surface area contributed by atoms with Crippen molar-refractivity contribution in [2.45, 2.75) is 76.4 Å². The van der Waals surface area contributed by atoms with E-state index in [1.54, 1.807) is 44.6 Å². The van der Waals surface area contributed by atoms with Crippen molar-refractivity contribution in [2.24, 2.45) is 0 Å². The minimum absolute atomic E-state index is 0.0123. The number of nitrogens with zero attached hydrogens (tertiary/aromatic N) is 4. The molecule has 0 radical (unpaired) electrons. The molecule has 1 aliphatic heterocycles. The summed E-state index contributed by atoms with van der Waals surface area (Å²) in [6.07, 6.45) is -4.46. The van der Waals surface area contributed by atoms with E-state index in [0.717, 1.165) is 21.3 Å². The Hall–Kier alpha value is -5.52. The Morgan fingerprint density at radius 2 is 1.44 bits per heavy atom. The number of methoxy groups -OCH3 is 2. The summed E-state index contributed by atoms with van der Waals surface area (Å²) in [4.78, 5) is 30.6. The lowest BCUT2D eigenvalue weighted by Gasteiger charge is -2.39. The number of hydrogen-bond acceptors (Lipinski definition) is 11. The molecule has 5 aromatic rings. The number of aromatic nitrogens is 2. The van der Waals surface area contributed by atoms with Crippen LogP contribution in [0.15, 0.2) is 126 Å². The van der Waals surface area contributed by atoms with Gasteiger partial charge in [0.25, 0.3) is 14.4 Å². The van der Waals surface area contributed by atoms with E-state index >= 15 is 4.39 Å². The number of amides is 1. The predicted octanol–water partition coefficient (Wildman–Crippen LogP) is 8.42. The summed E-state index contributed by atoms with van der Waals surface area (Å²) >= 11 is 0. The molecule has 13 nitrogen and oxygen atoms in total. The molecule has 2 heterocycles. The number of nitriles is 1. The van der Waals surface area contributed by atoms with Gasteiger partial charge in [0, 0.05) is 23.8 Å². The number of alkyl halides is 1. The van der Waals surface area contributed by atoms with Crippen molar-refractivity contribution in [3.63, 3.8) is 0 Å². The zero-order valence-corrected chi connectivity index (χ0v) is 35.9. The minimum atomic E-state index is -1.97. The minimum Gasteiger partial charge on any atom is -0.497 e. The maximum atomic E-state index is 17.4. The number of carbonyl (C=O) groups excluding carboxylic acids is 1. The first-order valence-electron chi connectivity index (χ1n) is 20.0. The molecule has 0 bridgehead atoms. The maximum absolute atomic E-state index is 17.4. The molecule has 6 rings (SSSR count). The first-order chi connectivity index (χ1) is 29.5. The van der Waals surface area contributed by atoms with E-state index in [9.17, 15) is 14.9 Å². The third-order valence-corrected chi connectivity index (χ3v) is 12.3. The van der Waals surface area contributed by atoms with Crippen LogP contribution in [0.3, 0.4) is 0 Å². The molecule has 0 aliphatic carbocycles. The first kappa shape index (κ1) is 45.0. The lowest BCUT2D eigenvalue weighted by molar-refractivity contribution is -0.0934. The standard InChI is InChI=1S/C46H51FN5O8P/c1-31(2)52(32(3)4)61(58-29-13-27-48)60-42-39(59-44(41(42)47)51-28-26-40(50-45(51)54)49-43(53)33-14-9-7-10-15-33)30-57-46(34-16-11-8-12-17-34,35-18-22-37(55-5)23-19-35)36-20-24-38(56-6)25-21-36/h7-12,14-26,28,31-32,39,41-42,44H,13,29-30H2,1-6H3,(H,49,50,53,54). The Labute approximate surface area is 356 Å². The molecule has 15 heteroatoms. The number of carbonyl (C=O) groups is 1. The molecule has 1 N–H and O–H groups in total. The Morgan fingerprint density at radius 1 is 0.885 bits per heavy atom. The van der Waals surface area contributed by atoms with Crippen molar-refractivity contribution < 1.29 is 37.2 Å². The van der Waals surface area contributed by atoms with Crippen LogP contribution in [0.1, 0.15) is 67.4 Å². The second kappa shape index (κ2) is 20.8. The van der Waals surface area contributed by atoms with Gasteiger partial charge < -0.3 is 33.3 Å². The van der Waals surface area contributed by atoms with Crippen molar-refractivity contribution in [2.75, 3.05) is 32.8 Å². The van der Waals surface area contributed by atoms with Crippen LogP contribution >= 0.6 is 8.53 Å². The Balaban J connectivity index is 1.42. The van der Waals surface area contributed by atoms with Crippen LogP contribution in [0.2, 0.25) is 0 Å². The third kappa shape index (κ3) is 10.3. The van der Waals surface area contributed by atoms with Gasteiger partial charge in [-0.05, 0) is 86.8 Å². The van der Waals surface area contributed by atoms with Gasteiger partial charge in [0.15, 0.2) is 12.4 Å². The number of rotatable bonds is 19. The fourth-order valence-corrected chi connectivity index (χ4v) is 9.08. The number of hydrogen-bond donors (Lipinski definition) is 1. The summed E-state index contributed by atoms with van der Waals surface area (Å²) < 4.78 is 58.0. The van der Waals surface area contributed by atoms with E-state index in [1.165, 1.54) is 12.3 Å². The molecule has 4 aromatic carbocycles.